The molecular formula is C45H32N4O. The van der Waals surface area contributed by atoms with Crippen molar-refractivity contribution in [2.75, 3.05) is 0 Å². The van der Waals surface area contributed by atoms with E-state index in [0.29, 0.717) is 0 Å². The Morgan fingerprint density at radius 1 is 0.520 bits per heavy atom. The van der Waals surface area contributed by atoms with Crippen LogP contribution in [0.1, 0.15) is 29.0 Å². The molecule has 2 N–H and O–H groups in total. The van der Waals surface area contributed by atoms with Crippen LogP contribution in [-0.4, -0.2) is 10.4 Å². The van der Waals surface area contributed by atoms with Crippen molar-refractivity contribution in [2.45, 2.75) is 12.3 Å². The van der Waals surface area contributed by atoms with Crippen LogP contribution in [0.4, 0.5) is 0 Å². The van der Waals surface area contributed by atoms with Gasteiger partial charge in [-0.3, -0.25) is 5.32 Å². The number of rotatable bonds is 5. The van der Waals surface area contributed by atoms with E-state index in [2.05, 4.69) is 173 Å². The second-order valence-electron chi connectivity index (χ2n) is 12.8. The third-order valence-electron chi connectivity index (χ3n) is 9.91. The monoisotopic (exact) mass is 644 g/mol. The molecule has 10 rings (SSSR count). The Hall–Kier alpha value is -6.43. The molecule has 0 fully saturated rings. The van der Waals surface area contributed by atoms with Crippen LogP contribution < -0.4 is 10.6 Å². The Morgan fingerprint density at radius 2 is 1.12 bits per heavy atom. The second-order valence-corrected chi connectivity index (χ2v) is 12.8. The van der Waals surface area contributed by atoms with Crippen LogP contribution in [0.5, 0.6) is 0 Å². The van der Waals surface area contributed by atoms with Crippen LogP contribution in [0.3, 0.4) is 0 Å². The highest BCUT2D eigenvalue weighted by atomic mass is 16.3. The Kier molecular flexibility index (Phi) is 6.64. The largest absolute Gasteiger partial charge is 0.454 e. The number of amidine groups is 1. The standard InChI is InChI=1S/C45H32N4O/c1-3-13-29(14-4-1)30-25-27-32(28-26-30)44-46-43(31-15-5-2-6-16-31)47-45(48-44)36-20-12-24-40-41(36)35-19-11-23-39(42(35)50-40)49-37-21-9-7-17-33(37)34-18-8-10-22-38(34)49/h1-28,44-45,48H,(H,46,47). The normalized spacial score (nSPS) is 16.2. The molecule has 1 aliphatic heterocycles. The van der Waals surface area contributed by atoms with Gasteiger partial charge in [0.15, 0.2) is 5.58 Å². The molecular weight excluding hydrogens is 613 g/mol. The number of fused-ring (bicyclic) bond motifs is 6. The maximum absolute atomic E-state index is 6.81. The third-order valence-corrected chi connectivity index (χ3v) is 9.91. The molecule has 0 saturated heterocycles. The number of para-hydroxylation sites is 3. The number of nitrogens with zero attached hydrogens (tertiary/aromatic N) is 2. The van der Waals surface area contributed by atoms with Crippen molar-refractivity contribution in [2.24, 2.45) is 4.99 Å². The first kappa shape index (κ1) is 28.6. The average Bonchev–Trinajstić information content (AvgIpc) is 3.75. The van der Waals surface area contributed by atoms with Crippen molar-refractivity contribution in [1.82, 2.24) is 15.2 Å². The lowest BCUT2D eigenvalue weighted by Crippen LogP contribution is -2.45. The number of furan rings is 1. The van der Waals surface area contributed by atoms with Crippen molar-refractivity contribution in [3.05, 3.63) is 187 Å². The van der Waals surface area contributed by atoms with Crippen molar-refractivity contribution in [3.63, 3.8) is 0 Å². The molecule has 0 spiro atoms. The number of aromatic nitrogens is 1. The fraction of sp³-hybridized carbons (Fsp3) is 0.0444. The summed E-state index contributed by atoms with van der Waals surface area (Å²) in [7, 11) is 0. The molecule has 0 aliphatic carbocycles. The lowest BCUT2D eigenvalue weighted by Gasteiger charge is -2.32. The van der Waals surface area contributed by atoms with E-state index in [-0.39, 0.29) is 12.3 Å². The molecule has 238 valence electrons. The first-order valence-electron chi connectivity index (χ1n) is 17.0. The predicted molar refractivity (Wildman–Crippen MR) is 205 cm³/mol. The first-order chi connectivity index (χ1) is 24.8. The molecule has 0 saturated carbocycles. The van der Waals surface area contributed by atoms with Crippen LogP contribution in [0.2, 0.25) is 0 Å². The molecule has 2 unspecified atom stereocenters. The summed E-state index contributed by atoms with van der Waals surface area (Å²) in [5.41, 5.74) is 10.7. The summed E-state index contributed by atoms with van der Waals surface area (Å²) in [6.07, 6.45) is -0.495. The van der Waals surface area contributed by atoms with Gasteiger partial charge in [0.1, 0.15) is 23.8 Å². The van der Waals surface area contributed by atoms with Gasteiger partial charge in [-0.2, -0.15) is 0 Å². The molecule has 0 amide bonds. The summed E-state index contributed by atoms with van der Waals surface area (Å²) in [5.74, 6) is 0.849. The predicted octanol–water partition coefficient (Wildman–Crippen LogP) is 10.7. The van der Waals surface area contributed by atoms with Gasteiger partial charge in [0.2, 0.25) is 0 Å². The van der Waals surface area contributed by atoms with E-state index in [0.717, 1.165) is 61.2 Å². The Bertz CT molecular complexity index is 2650. The molecule has 9 aromatic rings. The highest BCUT2D eigenvalue weighted by Crippen LogP contribution is 2.40. The van der Waals surface area contributed by atoms with E-state index < -0.39 is 0 Å². The Morgan fingerprint density at radius 3 is 1.84 bits per heavy atom. The maximum atomic E-state index is 6.81. The van der Waals surface area contributed by atoms with Crippen LogP contribution >= 0.6 is 0 Å². The van der Waals surface area contributed by atoms with Crippen LogP contribution in [0.25, 0.3) is 60.6 Å². The van der Waals surface area contributed by atoms with Crippen molar-refractivity contribution < 1.29 is 4.42 Å². The van der Waals surface area contributed by atoms with Crippen molar-refractivity contribution in [3.8, 4) is 16.8 Å². The molecule has 5 nitrogen and oxygen atoms in total. The summed E-state index contributed by atoms with van der Waals surface area (Å²) in [4.78, 5) is 5.20. The lowest BCUT2D eigenvalue weighted by atomic mass is 10.00. The molecule has 2 atom stereocenters. The topological polar surface area (TPSA) is 54.5 Å². The third kappa shape index (κ3) is 4.63. The highest BCUT2D eigenvalue weighted by Gasteiger charge is 2.28. The van der Waals surface area contributed by atoms with E-state index in [9.17, 15) is 0 Å². The van der Waals surface area contributed by atoms with Crippen LogP contribution in [-0.2, 0) is 0 Å². The van der Waals surface area contributed by atoms with Gasteiger partial charge in [-0.15, -0.1) is 0 Å². The van der Waals surface area contributed by atoms with E-state index in [1.54, 1.807) is 0 Å². The zero-order valence-electron chi connectivity index (χ0n) is 27.1. The minimum Gasteiger partial charge on any atom is -0.454 e. The van der Waals surface area contributed by atoms with Gasteiger partial charge in [-0.25, -0.2) is 4.99 Å². The first-order valence-corrected chi connectivity index (χ1v) is 17.0. The van der Waals surface area contributed by atoms with Gasteiger partial charge in [0, 0.05) is 32.7 Å². The molecule has 0 radical (unpaired) electrons. The summed E-state index contributed by atoms with van der Waals surface area (Å²) < 4.78 is 9.14. The molecule has 3 heterocycles. The van der Waals surface area contributed by atoms with E-state index in [1.807, 2.05) is 12.1 Å². The van der Waals surface area contributed by atoms with E-state index >= 15 is 0 Å². The molecule has 5 heteroatoms. The zero-order chi connectivity index (χ0) is 33.0. The molecule has 50 heavy (non-hydrogen) atoms. The summed E-state index contributed by atoms with van der Waals surface area (Å²) in [6.45, 7) is 0. The number of hydrogen-bond donors (Lipinski definition) is 2. The fourth-order valence-corrected chi connectivity index (χ4v) is 7.58. The number of aliphatic imine (C=N–C) groups is 1. The SMILES string of the molecule is c1ccc(C2=NC(c3ccc(-c4ccccc4)cc3)NC(c3cccc4oc5c(-n6c7ccccc7c7ccccc76)cccc5c34)N2)cc1. The van der Waals surface area contributed by atoms with Crippen LogP contribution in [0.15, 0.2) is 179 Å². The summed E-state index contributed by atoms with van der Waals surface area (Å²) >= 11 is 0. The lowest BCUT2D eigenvalue weighted by molar-refractivity contribution is 0.411. The van der Waals surface area contributed by atoms with Crippen molar-refractivity contribution in [1.29, 1.82) is 0 Å². The number of hydrogen-bond acceptors (Lipinski definition) is 4. The van der Waals surface area contributed by atoms with Gasteiger partial charge in [-0.1, -0.05) is 146 Å². The highest BCUT2D eigenvalue weighted by molar-refractivity contribution is 6.13. The van der Waals surface area contributed by atoms with E-state index in [1.165, 1.54) is 21.9 Å². The van der Waals surface area contributed by atoms with Gasteiger partial charge in [0.05, 0.1) is 16.7 Å². The van der Waals surface area contributed by atoms with Gasteiger partial charge in [-0.05, 0) is 41.0 Å². The fourth-order valence-electron chi connectivity index (χ4n) is 7.58. The molecule has 1 aliphatic rings. The second kappa shape index (κ2) is 11.6. The van der Waals surface area contributed by atoms with Crippen molar-refractivity contribution >= 4 is 49.6 Å². The minimum absolute atomic E-state index is 0.233. The van der Waals surface area contributed by atoms with Gasteiger partial charge in [0.25, 0.3) is 0 Å². The summed E-state index contributed by atoms with van der Waals surface area (Å²) in [5, 5.41) is 12.2. The van der Waals surface area contributed by atoms with E-state index in [4.69, 9.17) is 9.41 Å². The number of benzene rings is 7. The Labute approximate surface area is 289 Å². The van der Waals surface area contributed by atoms with Crippen LogP contribution in [0, 0.1) is 0 Å². The molecule has 7 aromatic carbocycles. The quantitative estimate of drug-likeness (QED) is 0.196. The van der Waals surface area contributed by atoms with Gasteiger partial charge >= 0.3 is 0 Å². The molecule has 0 bridgehead atoms. The number of nitrogens with one attached hydrogen (secondary N) is 2. The molecule has 2 aromatic heterocycles. The average molecular weight is 645 g/mol. The van der Waals surface area contributed by atoms with Gasteiger partial charge < -0.3 is 14.3 Å². The summed E-state index contributed by atoms with van der Waals surface area (Å²) in [6, 6.07) is 59.6. The smallest absolute Gasteiger partial charge is 0.159 e. The Balaban J connectivity index is 1.11. The maximum Gasteiger partial charge on any atom is 0.159 e. The minimum atomic E-state index is -0.261. The zero-order valence-corrected chi connectivity index (χ0v) is 27.1.